The van der Waals surface area contributed by atoms with Gasteiger partial charge in [-0.1, -0.05) is 39.8 Å². The van der Waals surface area contributed by atoms with Crippen LogP contribution in [0.25, 0.3) is 33.3 Å². The number of aromatic hydroxyl groups is 1. The summed E-state index contributed by atoms with van der Waals surface area (Å²) in [6.07, 6.45) is 6.37. The molecule has 0 spiro atoms. The number of nitrogens with zero attached hydrogens (tertiary/aromatic N) is 4. The van der Waals surface area contributed by atoms with E-state index in [-0.39, 0.29) is 25.3 Å². The number of phenols is 1. The molecule has 4 N–H and O–H groups in total. The van der Waals surface area contributed by atoms with Crippen LogP contribution in [-0.4, -0.2) is 112 Å². The van der Waals surface area contributed by atoms with Gasteiger partial charge in [-0.3, -0.25) is 29.3 Å². The van der Waals surface area contributed by atoms with E-state index in [1.165, 1.54) is 24.9 Å². The van der Waals surface area contributed by atoms with Gasteiger partial charge >= 0.3 is 12.1 Å². The standard InChI is InChI=1S/C43H54N6O8.C4H8O/c1-8-48-36-12-11-27-20-31(36)32(38(48)33-22-44-14-13-28(33)23-56-7)21-43(4,5)24-57-41(53)34-10-9-15-49(46-34)40(52)35(18-26-16-29(27)19-30(50)17-26)45-39(51)37(25(2)3)47(6)42(54)55;1-2-4-5-3-1/h11-14,16-17,19-20,22,25,34-35,37,46,50H,8-10,15,18,21,23-24H2,1-7H3,(H,45,51)(H,54,55);1-4H2/t34-,35?,37?;/m0./s1. The Hall–Kier alpha value is -5.51. The molecule has 0 saturated carbocycles. The van der Waals surface area contributed by atoms with Gasteiger partial charge in [-0.25, -0.2) is 10.2 Å². The van der Waals surface area contributed by atoms with Crippen molar-refractivity contribution in [3.63, 3.8) is 0 Å². The number of nitrogens with one attached hydrogen (secondary N) is 2. The fourth-order valence-electron chi connectivity index (χ4n) is 8.74. The first-order valence-electron chi connectivity index (χ1n) is 21.6. The Morgan fingerprint density at radius 2 is 1.84 bits per heavy atom. The number of fused-ring (bicyclic) bond motifs is 6. The zero-order chi connectivity index (χ0) is 44.7. The molecule has 2 saturated heterocycles. The van der Waals surface area contributed by atoms with Crippen molar-refractivity contribution < 1.29 is 43.6 Å². The highest BCUT2D eigenvalue weighted by Crippen LogP contribution is 2.41. The van der Waals surface area contributed by atoms with Crippen molar-refractivity contribution in [3.8, 4) is 28.1 Å². The molecular weight excluding hydrogens is 793 g/mol. The Balaban J connectivity index is 0.00000120. The highest BCUT2D eigenvalue weighted by molar-refractivity contribution is 5.96. The van der Waals surface area contributed by atoms with E-state index in [4.69, 9.17) is 14.2 Å². The molecule has 2 aromatic carbocycles. The third-order valence-electron chi connectivity index (χ3n) is 11.8. The second kappa shape index (κ2) is 20.1. The van der Waals surface area contributed by atoms with Gasteiger partial charge in [0, 0.05) is 81.2 Å². The molecule has 0 radical (unpaired) electrons. The molecule has 3 aliphatic heterocycles. The van der Waals surface area contributed by atoms with Gasteiger partial charge in [-0.15, -0.1) is 0 Å². The zero-order valence-corrected chi connectivity index (χ0v) is 37.0. The maximum Gasteiger partial charge on any atom is 0.407 e. The van der Waals surface area contributed by atoms with Crippen LogP contribution >= 0.6 is 0 Å². The van der Waals surface area contributed by atoms with Crippen LogP contribution in [0.5, 0.6) is 5.75 Å². The minimum Gasteiger partial charge on any atom is -0.508 e. The number of carbonyl (C=O) groups is 4. The Kier molecular flexibility index (Phi) is 14.9. The van der Waals surface area contributed by atoms with Crippen LogP contribution in [0.1, 0.15) is 77.0 Å². The SMILES string of the molecule is C1CCOC1.CCn1c(-c2cnccc2COC)c2c3cc(ccc31)-c1cc(O)cc(c1)CC(NC(=O)C(C(C)C)N(C)C(=O)O)C(=O)N1CCC[C@H](N1)C(=O)OCC(C)(C)C2. The van der Waals surface area contributed by atoms with E-state index in [1.54, 1.807) is 39.3 Å². The van der Waals surface area contributed by atoms with Crippen molar-refractivity contribution in [2.45, 2.75) is 104 Å². The van der Waals surface area contributed by atoms with Crippen molar-refractivity contribution in [1.82, 2.24) is 30.2 Å². The number of cyclic esters (lactones) is 1. The number of carbonyl (C=O) groups excluding carboxylic acids is 3. The molecule has 4 aromatic rings. The molecule has 2 fully saturated rings. The van der Waals surface area contributed by atoms with Gasteiger partial charge in [0.25, 0.3) is 5.91 Å². The average Bonchev–Trinajstić information content (AvgIpc) is 3.93. The highest BCUT2D eigenvalue weighted by atomic mass is 16.5. The van der Waals surface area contributed by atoms with Gasteiger partial charge in [0.2, 0.25) is 5.91 Å². The molecular formula is C47H62N6O9. The van der Waals surface area contributed by atoms with Crippen molar-refractivity contribution in [3.05, 3.63) is 71.5 Å². The summed E-state index contributed by atoms with van der Waals surface area (Å²) in [6, 6.07) is 10.2. The summed E-state index contributed by atoms with van der Waals surface area (Å²) >= 11 is 0. The summed E-state index contributed by atoms with van der Waals surface area (Å²) in [5, 5.41) is 26.1. The number of phenolic OH excluding ortho intramolecular Hbond substituents is 1. The maximum atomic E-state index is 14.3. The monoisotopic (exact) mass is 854 g/mol. The minimum absolute atomic E-state index is 0.0214. The molecule has 3 aliphatic rings. The summed E-state index contributed by atoms with van der Waals surface area (Å²) in [7, 11) is 2.98. The number of esters is 1. The first-order chi connectivity index (χ1) is 29.6. The lowest BCUT2D eigenvalue weighted by atomic mass is 9.84. The number of aryl methyl sites for hydroxylation is 1. The zero-order valence-electron chi connectivity index (χ0n) is 37.0. The van der Waals surface area contributed by atoms with Gasteiger partial charge < -0.3 is 34.3 Å². The fourth-order valence-corrected chi connectivity index (χ4v) is 8.74. The van der Waals surface area contributed by atoms with E-state index in [2.05, 4.69) is 53.2 Å². The molecule has 62 heavy (non-hydrogen) atoms. The Morgan fingerprint density at radius 3 is 2.50 bits per heavy atom. The molecule has 2 unspecified atom stereocenters. The molecule has 7 rings (SSSR count). The third-order valence-corrected chi connectivity index (χ3v) is 11.8. The number of aromatic nitrogens is 2. The molecule has 3 amide bonds. The average molecular weight is 855 g/mol. The lowest BCUT2D eigenvalue weighted by Crippen LogP contribution is -2.62. The Morgan fingerprint density at radius 1 is 1.08 bits per heavy atom. The number of hydrazine groups is 1. The van der Waals surface area contributed by atoms with Gasteiger partial charge in [0.05, 0.1) is 18.9 Å². The summed E-state index contributed by atoms with van der Waals surface area (Å²) in [5.41, 5.74) is 9.63. The highest BCUT2D eigenvalue weighted by Gasteiger charge is 2.37. The number of hydrogen-bond donors (Lipinski definition) is 4. The predicted molar refractivity (Wildman–Crippen MR) is 235 cm³/mol. The lowest BCUT2D eigenvalue weighted by Gasteiger charge is -2.36. The topological polar surface area (TPSA) is 185 Å². The second-order valence-corrected chi connectivity index (χ2v) is 17.6. The van der Waals surface area contributed by atoms with Crippen molar-refractivity contribution in [1.29, 1.82) is 0 Å². The molecule has 15 nitrogen and oxygen atoms in total. The van der Waals surface area contributed by atoms with Gasteiger partial charge in [0.15, 0.2) is 0 Å². The molecule has 2 aromatic heterocycles. The van der Waals surface area contributed by atoms with Crippen molar-refractivity contribution in [2.75, 3.05) is 40.5 Å². The predicted octanol–water partition coefficient (Wildman–Crippen LogP) is 6.32. The van der Waals surface area contributed by atoms with Crippen LogP contribution in [0.3, 0.4) is 0 Å². The van der Waals surface area contributed by atoms with Crippen LogP contribution in [0.4, 0.5) is 4.79 Å². The van der Waals surface area contributed by atoms with E-state index in [0.717, 1.165) is 57.0 Å². The first kappa shape index (κ1) is 46.0. The first-order valence-corrected chi connectivity index (χ1v) is 21.6. The molecule has 334 valence electrons. The number of amides is 3. The maximum absolute atomic E-state index is 14.3. The second-order valence-electron chi connectivity index (χ2n) is 17.6. The molecule has 6 bridgehead atoms. The summed E-state index contributed by atoms with van der Waals surface area (Å²) in [4.78, 5) is 59.3. The van der Waals surface area contributed by atoms with Crippen LogP contribution in [0.2, 0.25) is 0 Å². The minimum atomic E-state index is -1.28. The smallest absolute Gasteiger partial charge is 0.407 e. The molecule has 15 heteroatoms. The number of rotatable bonds is 8. The van der Waals surface area contributed by atoms with E-state index in [9.17, 15) is 29.4 Å². The number of pyridine rings is 1. The number of benzene rings is 2. The molecule has 3 atom stereocenters. The van der Waals surface area contributed by atoms with Crippen LogP contribution in [0.15, 0.2) is 54.9 Å². The number of likely N-dealkylation sites (N-methyl/N-ethyl adjacent to an activating group) is 1. The Bertz CT molecular complexity index is 2240. The summed E-state index contributed by atoms with van der Waals surface area (Å²) in [5.74, 6) is -2.06. The van der Waals surface area contributed by atoms with Crippen molar-refractivity contribution >= 4 is 34.8 Å². The van der Waals surface area contributed by atoms with E-state index >= 15 is 0 Å². The normalized spacial score (nSPS) is 19.6. The molecule has 5 heterocycles. The third kappa shape index (κ3) is 10.6. The summed E-state index contributed by atoms with van der Waals surface area (Å²) < 4.78 is 18.8. The van der Waals surface area contributed by atoms with Crippen LogP contribution in [-0.2, 0) is 54.6 Å². The fraction of sp³-hybridized carbons (Fsp3) is 0.511. The van der Waals surface area contributed by atoms with Gasteiger partial charge in [0.1, 0.15) is 23.9 Å². The van der Waals surface area contributed by atoms with Crippen molar-refractivity contribution in [2.24, 2.45) is 11.3 Å². The van der Waals surface area contributed by atoms with E-state index in [1.807, 2.05) is 24.4 Å². The summed E-state index contributed by atoms with van der Waals surface area (Å²) in [6.45, 7) is 13.1. The van der Waals surface area contributed by atoms with Crippen LogP contribution < -0.4 is 10.7 Å². The Labute approximate surface area is 363 Å². The largest absolute Gasteiger partial charge is 0.508 e. The lowest BCUT2D eigenvalue weighted by molar-refractivity contribution is -0.155. The van der Waals surface area contributed by atoms with Crippen LogP contribution in [0, 0.1) is 11.3 Å². The van der Waals surface area contributed by atoms with E-state index in [0.29, 0.717) is 43.5 Å². The van der Waals surface area contributed by atoms with Gasteiger partial charge in [-0.2, -0.15) is 0 Å². The number of ether oxygens (including phenoxy) is 3. The number of methoxy groups -OCH3 is 1. The van der Waals surface area contributed by atoms with E-state index < -0.39 is 53.3 Å². The number of carboxylic acid groups (broad SMARTS) is 1. The quantitative estimate of drug-likeness (QED) is 0.146. The molecule has 0 aliphatic carbocycles. The van der Waals surface area contributed by atoms with Gasteiger partial charge in [-0.05, 0) is 103 Å². The number of hydrogen-bond acceptors (Lipinski definition) is 10.